The maximum atomic E-state index is 12.2. The van der Waals surface area contributed by atoms with Crippen LogP contribution in [0.4, 0.5) is 8.78 Å². The second kappa shape index (κ2) is 4.33. The zero-order chi connectivity index (χ0) is 12.6. The van der Waals surface area contributed by atoms with Gasteiger partial charge in [-0.15, -0.1) is 0 Å². The lowest BCUT2D eigenvalue weighted by atomic mass is 10.1. The number of rotatable bonds is 3. The molecule has 0 aliphatic heterocycles. The molecule has 0 amide bonds. The second-order valence-corrected chi connectivity index (χ2v) is 3.90. The summed E-state index contributed by atoms with van der Waals surface area (Å²) in [5, 5.41) is 11.4. The number of carbonyl (C=O) groups is 1. The average Bonchev–Trinajstić information content (AvgIpc) is 2.56. The number of carboxylic acids is 1. The molecule has 0 saturated heterocycles. The highest BCUT2D eigenvalue weighted by molar-refractivity contribution is 6.31. The fourth-order valence-electron chi connectivity index (χ4n) is 1.57. The normalized spacial score (nSPS) is 11.3. The summed E-state index contributed by atoms with van der Waals surface area (Å²) in [6.45, 7) is 0. The standard InChI is InChI=1S/C11H7ClF2O3/c12-6-1-5-2-7(4-9(13)14)17-10(5)8(3-6)11(15)16/h1-3,9H,4H2,(H,15,16)/p-1. The Balaban J connectivity index is 2.59. The van der Waals surface area contributed by atoms with Gasteiger partial charge in [-0.05, 0) is 18.2 Å². The van der Waals surface area contributed by atoms with Gasteiger partial charge in [-0.1, -0.05) is 11.6 Å². The number of hydrogen-bond donors (Lipinski definition) is 0. The van der Waals surface area contributed by atoms with E-state index in [2.05, 4.69) is 0 Å². The van der Waals surface area contributed by atoms with Gasteiger partial charge in [0.05, 0.1) is 12.4 Å². The van der Waals surface area contributed by atoms with Crippen LogP contribution >= 0.6 is 11.6 Å². The van der Waals surface area contributed by atoms with Crippen molar-refractivity contribution in [2.75, 3.05) is 0 Å². The van der Waals surface area contributed by atoms with Crippen molar-refractivity contribution in [3.63, 3.8) is 0 Å². The molecule has 0 saturated carbocycles. The van der Waals surface area contributed by atoms with Gasteiger partial charge in [0.15, 0.2) is 0 Å². The molecule has 0 fully saturated rings. The van der Waals surface area contributed by atoms with E-state index in [1.54, 1.807) is 0 Å². The van der Waals surface area contributed by atoms with Crippen LogP contribution in [0.25, 0.3) is 11.0 Å². The zero-order valence-electron chi connectivity index (χ0n) is 8.38. The van der Waals surface area contributed by atoms with Gasteiger partial charge in [0.2, 0.25) is 6.43 Å². The van der Waals surface area contributed by atoms with E-state index < -0.39 is 18.8 Å². The maximum absolute atomic E-state index is 12.2. The number of aromatic carboxylic acids is 1. The minimum absolute atomic E-state index is 0.00468. The highest BCUT2D eigenvalue weighted by Gasteiger charge is 2.13. The van der Waals surface area contributed by atoms with Crippen LogP contribution in [0.2, 0.25) is 5.02 Å². The van der Waals surface area contributed by atoms with Gasteiger partial charge in [-0.2, -0.15) is 0 Å². The Morgan fingerprint density at radius 3 is 2.71 bits per heavy atom. The maximum Gasteiger partial charge on any atom is 0.245 e. The van der Waals surface area contributed by atoms with E-state index in [1.807, 2.05) is 0 Å². The molecule has 90 valence electrons. The molecule has 0 atom stereocenters. The average molecular weight is 260 g/mol. The molecule has 0 unspecified atom stereocenters. The van der Waals surface area contributed by atoms with Crippen LogP contribution in [0.1, 0.15) is 16.1 Å². The highest BCUT2D eigenvalue weighted by Crippen LogP contribution is 2.27. The molecule has 0 aliphatic carbocycles. The molecule has 2 rings (SSSR count). The lowest BCUT2D eigenvalue weighted by molar-refractivity contribution is -0.254. The summed E-state index contributed by atoms with van der Waals surface area (Å²) in [5.41, 5.74) is -0.238. The second-order valence-electron chi connectivity index (χ2n) is 3.47. The summed E-state index contributed by atoms with van der Waals surface area (Å²) >= 11 is 5.70. The molecule has 1 heterocycles. The first-order chi connectivity index (χ1) is 7.97. The summed E-state index contributed by atoms with van der Waals surface area (Å²) in [4.78, 5) is 10.8. The molecule has 17 heavy (non-hydrogen) atoms. The van der Waals surface area contributed by atoms with Gasteiger partial charge in [0.1, 0.15) is 11.3 Å². The van der Waals surface area contributed by atoms with Crippen LogP contribution in [-0.2, 0) is 6.42 Å². The number of fused-ring (bicyclic) bond motifs is 1. The SMILES string of the molecule is O=C([O-])c1cc(Cl)cc2cc(CC(F)F)oc12. The number of carboxylic acid groups (broad SMARTS) is 1. The molecule has 6 heteroatoms. The summed E-state index contributed by atoms with van der Waals surface area (Å²) in [7, 11) is 0. The van der Waals surface area contributed by atoms with Crippen molar-refractivity contribution >= 4 is 28.5 Å². The van der Waals surface area contributed by atoms with Crippen molar-refractivity contribution in [1.29, 1.82) is 0 Å². The molecule has 0 radical (unpaired) electrons. The van der Waals surface area contributed by atoms with E-state index in [9.17, 15) is 18.7 Å². The number of hydrogen-bond acceptors (Lipinski definition) is 3. The Kier molecular flexibility index (Phi) is 3.02. The van der Waals surface area contributed by atoms with Crippen molar-refractivity contribution in [2.45, 2.75) is 12.8 Å². The Morgan fingerprint density at radius 2 is 2.12 bits per heavy atom. The number of carbonyl (C=O) groups excluding carboxylic acids is 1. The fourth-order valence-corrected chi connectivity index (χ4v) is 1.80. The summed E-state index contributed by atoms with van der Waals surface area (Å²) in [6, 6.07) is 3.95. The van der Waals surface area contributed by atoms with E-state index in [0.29, 0.717) is 5.39 Å². The Labute approximate surface area is 99.6 Å². The Bertz CT molecular complexity index is 577. The monoisotopic (exact) mass is 259 g/mol. The van der Waals surface area contributed by atoms with Crippen molar-refractivity contribution in [3.05, 3.63) is 34.5 Å². The third-order valence-electron chi connectivity index (χ3n) is 2.21. The molecule has 0 bridgehead atoms. The third kappa shape index (κ3) is 2.39. The molecule has 0 aliphatic rings. The number of benzene rings is 1. The molecule has 3 nitrogen and oxygen atoms in total. The molecule has 1 aromatic heterocycles. The predicted octanol–water partition coefficient (Wildman–Crippen LogP) is 2.26. The first-order valence-corrected chi connectivity index (χ1v) is 5.06. The number of alkyl halides is 2. The number of furan rings is 1. The van der Waals surface area contributed by atoms with Crippen LogP contribution < -0.4 is 5.11 Å². The van der Waals surface area contributed by atoms with Crippen molar-refractivity contribution in [2.24, 2.45) is 0 Å². The van der Waals surface area contributed by atoms with Gasteiger partial charge < -0.3 is 14.3 Å². The largest absolute Gasteiger partial charge is 0.545 e. The van der Waals surface area contributed by atoms with Gasteiger partial charge in [-0.25, -0.2) is 8.78 Å². The fraction of sp³-hybridized carbons (Fsp3) is 0.182. The third-order valence-corrected chi connectivity index (χ3v) is 2.43. The van der Waals surface area contributed by atoms with Crippen molar-refractivity contribution in [1.82, 2.24) is 0 Å². The van der Waals surface area contributed by atoms with Crippen LogP contribution in [0.15, 0.2) is 22.6 Å². The molecular formula is C11H6ClF2O3-. The van der Waals surface area contributed by atoms with Gasteiger partial charge in [0.25, 0.3) is 0 Å². The number of halogens is 3. The van der Waals surface area contributed by atoms with Crippen molar-refractivity contribution in [3.8, 4) is 0 Å². The van der Waals surface area contributed by atoms with E-state index in [1.165, 1.54) is 12.1 Å². The summed E-state index contributed by atoms with van der Waals surface area (Å²) < 4.78 is 29.4. The van der Waals surface area contributed by atoms with Gasteiger partial charge >= 0.3 is 0 Å². The predicted molar refractivity (Wildman–Crippen MR) is 55.3 cm³/mol. The van der Waals surface area contributed by atoms with Crippen LogP contribution in [0.5, 0.6) is 0 Å². The first-order valence-electron chi connectivity index (χ1n) is 4.69. The molecule has 1 aromatic carbocycles. The molecule has 0 spiro atoms. The lowest BCUT2D eigenvalue weighted by Gasteiger charge is -2.03. The Morgan fingerprint density at radius 1 is 1.41 bits per heavy atom. The first kappa shape index (κ1) is 11.9. The quantitative estimate of drug-likeness (QED) is 0.849. The smallest absolute Gasteiger partial charge is 0.245 e. The van der Waals surface area contributed by atoms with E-state index in [-0.39, 0.29) is 21.9 Å². The van der Waals surface area contributed by atoms with Crippen LogP contribution in [0, 0.1) is 0 Å². The van der Waals surface area contributed by atoms with E-state index in [4.69, 9.17) is 16.0 Å². The van der Waals surface area contributed by atoms with Gasteiger partial charge in [0, 0.05) is 16.0 Å². The highest BCUT2D eigenvalue weighted by atomic mass is 35.5. The van der Waals surface area contributed by atoms with Crippen LogP contribution in [0.3, 0.4) is 0 Å². The summed E-state index contributed by atoms with van der Waals surface area (Å²) in [5.74, 6) is -1.45. The van der Waals surface area contributed by atoms with E-state index in [0.717, 1.165) is 6.07 Å². The minimum Gasteiger partial charge on any atom is -0.545 e. The van der Waals surface area contributed by atoms with Crippen LogP contribution in [-0.4, -0.2) is 12.4 Å². The molecule has 0 N–H and O–H groups in total. The van der Waals surface area contributed by atoms with E-state index >= 15 is 0 Å². The lowest BCUT2D eigenvalue weighted by Crippen LogP contribution is -2.22. The summed E-state index contributed by atoms with van der Waals surface area (Å²) in [6.07, 6.45) is -3.13. The minimum atomic E-state index is -2.56. The topological polar surface area (TPSA) is 53.3 Å². The van der Waals surface area contributed by atoms with Gasteiger partial charge in [-0.3, -0.25) is 0 Å². The van der Waals surface area contributed by atoms with Crippen molar-refractivity contribution < 1.29 is 23.1 Å². The molecular weight excluding hydrogens is 254 g/mol. The molecule has 2 aromatic rings. The Hall–Kier alpha value is -1.62. The zero-order valence-corrected chi connectivity index (χ0v) is 9.13.